The molecule has 4 rings (SSSR count). The fourth-order valence-electron chi connectivity index (χ4n) is 3.18. The maximum atomic E-state index is 12.8. The lowest BCUT2D eigenvalue weighted by atomic mass is 10.0. The summed E-state index contributed by atoms with van der Waals surface area (Å²) in [5, 5.41) is 8.25. The summed E-state index contributed by atoms with van der Waals surface area (Å²) in [7, 11) is 0. The van der Waals surface area contributed by atoms with Crippen molar-refractivity contribution in [1.82, 2.24) is 0 Å². The minimum atomic E-state index is -1.10. The third kappa shape index (κ3) is 4.01. The Morgan fingerprint density at radius 1 is 0.793 bits per heavy atom. The van der Waals surface area contributed by atoms with Gasteiger partial charge in [-0.15, -0.1) is 0 Å². The summed E-state index contributed by atoms with van der Waals surface area (Å²) in [6.45, 7) is 2.35. The van der Waals surface area contributed by atoms with E-state index in [4.69, 9.17) is 9.47 Å². The van der Waals surface area contributed by atoms with E-state index in [0.29, 0.717) is 54.6 Å². The molecule has 0 saturated heterocycles. The first-order chi connectivity index (χ1) is 14.0. The molecule has 2 aliphatic rings. The molecule has 0 unspecified atom stereocenters. The number of carbonyl (C=O) groups excluding carboxylic acids is 3. The summed E-state index contributed by atoms with van der Waals surface area (Å²) < 4.78 is 11.0. The van der Waals surface area contributed by atoms with Crippen LogP contribution in [0.15, 0.2) is 42.5 Å². The second-order valence-corrected chi connectivity index (χ2v) is 7.11. The number of amides is 3. The Balaban J connectivity index is 1.43. The van der Waals surface area contributed by atoms with Gasteiger partial charge in [0.2, 0.25) is 17.7 Å². The lowest BCUT2D eigenvalue weighted by Gasteiger charge is -2.20. The fraction of sp³-hybridized carbons (Fsp3) is 0.286. The zero-order chi connectivity index (χ0) is 20.4. The first-order valence-electron chi connectivity index (χ1n) is 9.36. The van der Waals surface area contributed by atoms with Crippen LogP contribution in [0.2, 0.25) is 0 Å². The second-order valence-electron chi connectivity index (χ2n) is 7.11. The van der Waals surface area contributed by atoms with Crippen LogP contribution in [0.25, 0.3) is 0 Å². The number of anilines is 3. The van der Waals surface area contributed by atoms with E-state index in [9.17, 15) is 14.4 Å². The highest BCUT2D eigenvalue weighted by molar-refractivity contribution is 6.17. The van der Waals surface area contributed by atoms with Crippen molar-refractivity contribution in [3.63, 3.8) is 0 Å². The van der Waals surface area contributed by atoms with Gasteiger partial charge >= 0.3 is 0 Å². The number of hydrogen-bond acceptors (Lipinski definition) is 5. The van der Waals surface area contributed by atoms with Crippen LogP contribution in [-0.4, -0.2) is 30.9 Å². The van der Waals surface area contributed by atoms with Crippen molar-refractivity contribution in [2.75, 3.05) is 29.2 Å². The number of fused-ring (bicyclic) bond motifs is 1. The number of carbonyl (C=O) groups is 3. The molecule has 1 fully saturated rings. The summed E-state index contributed by atoms with van der Waals surface area (Å²) in [5.74, 6) is 0.272. The highest BCUT2D eigenvalue weighted by atomic mass is 16.6. The third-order valence-electron chi connectivity index (χ3n) is 4.86. The first-order valence-corrected chi connectivity index (χ1v) is 9.36. The summed E-state index contributed by atoms with van der Waals surface area (Å²) >= 11 is 0. The monoisotopic (exact) mass is 395 g/mol. The van der Waals surface area contributed by atoms with Crippen LogP contribution < -0.4 is 25.4 Å². The highest BCUT2D eigenvalue weighted by Gasteiger charge is 2.56. The van der Waals surface area contributed by atoms with Gasteiger partial charge in [0.05, 0.1) is 0 Å². The molecule has 1 aliphatic heterocycles. The van der Waals surface area contributed by atoms with Gasteiger partial charge in [-0.3, -0.25) is 14.4 Å². The van der Waals surface area contributed by atoms with Crippen LogP contribution in [0.3, 0.4) is 0 Å². The van der Waals surface area contributed by atoms with E-state index in [-0.39, 0.29) is 17.7 Å². The van der Waals surface area contributed by atoms with Crippen molar-refractivity contribution in [2.45, 2.75) is 19.8 Å². The molecule has 0 aromatic heterocycles. The number of ether oxygens (including phenoxy) is 2. The van der Waals surface area contributed by atoms with Gasteiger partial charge in [-0.25, -0.2) is 0 Å². The normalized spacial score (nSPS) is 15.8. The highest BCUT2D eigenvalue weighted by Crippen LogP contribution is 2.48. The molecule has 29 heavy (non-hydrogen) atoms. The molecule has 0 bridgehead atoms. The number of hydrogen-bond donors (Lipinski definition) is 3. The molecule has 0 spiro atoms. The molecule has 0 radical (unpaired) electrons. The summed E-state index contributed by atoms with van der Waals surface area (Å²) in [4.78, 5) is 36.8. The third-order valence-corrected chi connectivity index (χ3v) is 4.86. The Labute approximate surface area is 167 Å². The minimum absolute atomic E-state index is 0.203. The smallest absolute Gasteiger partial charge is 0.240 e. The first kappa shape index (κ1) is 18.8. The van der Waals surface area contributed by atoms with Crippen molar-refractivity contribution < 1.29 is 23.9 Å². The second kappa shape index (κ2) is 7.46. The van der Waals surface area contributed by atoms with Gasteiger partial charge in [0.1, 0.15) is 18.6 Å². The fourth-order valence-corrected chi connectivity index (χ4v) is 3.18. The zero-order valence-corrected chi connectivity index (χ0v) is 15.9. The van der Waals surface area contributed by atoms with E-state index in [1.54, 1.807) is 42.5 Å². The lowest BCUT2D eigenvalue weighted by molar-refractivity contribution is -0.131. The maximum Gasteiger partial charge on any atom is 0.240 e. The largest absolute Gasteiger partial charge is 0.486 e. The van der Waals surface area contributed by atoms with E-state index in [2.05, 4.69) is 16.0 Å². The average molecular weight is 395 g/mol. The molecule has 0 atom stereocenters. The Bertz CT molecular complexity index is 984. The molecule has 2 aromatic rings. The Hall–Kier alpha value is -3.55. The van der Waals surface area contributed by atoms with E-state index < -0.39 is 5.41 Å². The number of rotatable bonds is 5. The van der Waals surface area contributed by atoms with Gasteiger partial charge in [0, 0.05) is 30.1 Å². The molecule has 3 amide bonds. The van der Waals surface area contributed by atoms with Gasteiger partial charge in [-0.05, 0) is 43.2 Å². The molecule has 1 heterocycles. The molecule has 8 nitrogen and oxygen atoms in total. The van der Waals surface area contributed by atoms with Crippen LogP contribution in [0.1, 0.15) is 19.8 Å². The summed E-state index contributed by atoms with van der Waals surface area (Å²) in [5.41, 5.74) is 0.531. The van der Waals surface area contributed by atoms with Crippen molar-refractivity contribution in [2.24, 2.45) is 5.41 Å². The standard InChI is InChI=1S/C21H21N3O5/c1-13(25)22-14-3-2-4-15(11-14)23-19(26)21(7-8-21)20(27)24-16-5-6-17-18(12-16)29-10-9-28-17/h2-6,11-12H,7-10H2,1H3,(H,22,25)(H,23,26)(H,24,27). The van der Waals surface area contributed by atoms with Crippen molar-refractivity contribution in [1.29, 1.82) is 0 Å². The number of benzene rings is 2. The van der Waals surface area contributed by atoms with Gasteiger partial charge in [-0.1, -0.05) is 6.07 Å². The van der Waals surface area contributed by atoms with Crippen LogP contribution in [-0.2, 0) is 14.4 Å². The predicted molar refractivity (Wildman–Crippen MR) is 107 cm³/mol. The molecular formula is C21H21N3O5. The van der Waals surface area contributed by atoms with Crippen LogP contribution in [0.4, 0.5) is 17.1 Å². The maximum absolute atomic E-state index is 12.8. The number of nitrogens with one attached hydrogen (secondary N) is 3. The van der Waals surface area contributed by atoms with Gasteiger partial charge in [0.15, 0.2) is 11.5 Å². The molecule has 3 N–H and O–H groups in total. The van der Waals surface area contributed by atoms with E-state index in [0.717, 1.165) is 0 Å². The quantitative estimate of drug-likeness (QED) is 0.675. The van der Waals surface area contributed by atoms with E-state index in [1.807, 2.05) is 0 Å². The van der Waals surface area contributed by atoms with Crippen molar-refractivity contribution >= 4 is 34.8 Å². The van der Waals surface area contributed by atoms with Crippen LogP contribution in [0.5, 0.6) is 11.5 Å². The molecule has 2 aromatic carbocycles. The lowest BCUT2D eigenvalue weighted by Crippen LogP contribution is -2.35. The van der Waals surface area contributed by atoms with E-state index in [1.165, 1.54) is 6.92 Å². The van der Waals surface area contributed by atoms with Crippen LogP contribution >= 0.6 is 0 Å². The van der Waals surface area contributed by atoms with Gasteiger partial charge in [-0.2, -0.15) is 0 Å². The SMILES string of the molecule is CC(=O)Nc1cccc(NC(=O)C2(C(=O)Nc3ccc4c(c3)OCCO4)CC2)c1. The van der Waals surface area contributed by atoms with E-state index >= 15 is 0 Å². The predicted octanol–water partition coefficient (Wildman–Crippen LogP) is 2.77. The molecule has 1 saturated carbocycles. The summed E-state index contributed by atoms with van der Waals surface area (Å²) in [6.07, 6.45) is 0.946. The molecule has 150 valence electrons. The topological polar surface area (TPSA) is 106 Å². The molecular weight excluding hydrogens is 374 g/mol. The zero-order valence-electron chi connectivity index (χ0n) is 15.9. The Kier molecular flexibility index (Phi) is 4.84. The summed E-state index contributed by atoms with van der Waals surface area (Å²) in [6, 6.07) is 11.9. The van der Waals surface area contributed by atoms with Crippen molar-refractivity contribution in [3.8, 4) is 11.5 Å². The van der Waals surface area contributed by atoms with Gasteiger partial charge < -0.3 is 25.4 Å². The Morgan fingerprint density at radius 2 is 1.38 bits per heavy atom. The van der Waals surface area contributed by atoms with Gasteiger partial charge in [0.25, 0.3) is 0 Å². The average Bonchev–Trinajstić information content (AvgIpc) is 3.50. The molecule has 1 aliphatic carbocycles. The Morgan fingerprint density at radius 3 is 2.00 bits per heavy atom. The molecule has 8 heteroatoms. The van der Waals surface area contributed by atoms with Crippen LogP contribution in [0, 0.1) is 5.41 Å². The minimum Gasteiger partial charge on any atom is -0.486 e. The van der Waals surface area contributed by atoms with Crippen molar-refractivity contribution in [3.05, 3.63) is 42.5 Å².